The molecule has 4 nitrogen and oxygen atoms in total. The van der Waals surface area contributed by atoms with Gasteiger partial charge in [-0.05, 0) is 49.6 Å². The summed E-state index contributed by atoms with van der Waals surface area (Å²) in [4.78, 5) is 28.5. The number of hydrogen-bond acceptors (Lipinski definition) is 2. The van der Waals surface area contributed by atoms with Crippen molar-refractivity contribution in [1.82, 2.24) is 10.2 Å². The molecule has 5 heteroatoms. The molecule has 0 aliphatic carbocycles. The van der Waals surface area contributed by atoms with Crippen molar-refractivity contribution >= 4 is 11.8 Å². The molecule has 0 unspecified atom stereocenters. The van der Waals surface area contributed by atoms with E-state index in [1.165, 1.54) is 12.1 Å². The molecule has 3 aromatic carbocycles. The average Bonchev–Trinajstić information content (AvgIpc) is 2.79. The molecule has 1 N–H and O–H groups in total. The second-order valence-corrected chi connectivity index (χ2v) is 8.68. The van der Waals surface area contributed by atoms with Crippen LogP contribution < -0.4 is 5.32 Å². The number of amides is 2. The highest BCUT2D eigenvalue weighted by atomic mass is 19.1. The Kier molecular flexibility index (Phi) is 8.36. The van der Waals surface area contributed by atoms with Crippen molar-refractivity contribution in [3.63, 3.8) is 0 Å². The largest absolute Gasteiger partial charge is 0.352 e. The lowest BCUT2D eigenvalue weighted by atomic mass is 10.0. The third-order valence-corrected chi connectivity index (χ3v) is 5.44. The molecule has 0 saturated heterocycles. The molecule has 3 rings (SSSR count). The van der Waals surface area contributed by atoms with Gasteiger partial charge >= 0.3 is 0 Å². The average molecular weight is 447 g/mol. The summed E-state index contributed by atoms with van der Waals surface area (Å²) >= 11 is 0. The van der Waals surface area contributed by atoms with E-state index in [2.05, 4.69) is 5.32 Å². The second kappa shape index (κ2) is 11.4. The first-order valence-electron chi connectivity index (χ1n) is 11.3. The van der Waals surface area contributed by atoms with Crippen LogP contribution in [0.15, 0.2) is 78.9 Å². The maximum atomic E-state index is 13.5. The van der Waals surface area contributed by atoms with Crippen molar-refractivity contribution in [3.05, 3.63) is 107 Å². The highest BCUT2D eigenvalue weighted by Crippen LogP contribution is 2.17. The fourth-order valence-electron chi connectivity index (χ4n) is 3.70. The molecule has 0 aliphatic rings. The number of rotatable bonds is 9. The quantitative estimate of drug-likeness (QED) is 0.511. The number of halogens is 1. The van der Waals surface area contributed by atoms with E-state index in [1.54, 1.807) is 17.0 Å². The van der Waals surface area contributed by atoms with Crippen LogP contribution in [0.3, 0.4) is 0 Å². The summed E-state index contributed by atoms with van der Waals surface area (Å²) in [6, 6.07) is 22.8. The third kappa shape index (κ3) is 7.28. The summed E-state index contributed by atoms with van der Waals surface area (Å²) in [7, 11) is 0. The van der Waals surface area contributed by atoms with Gasteiger partial charge in [0.25, 0.3) is 0 Å². The van der Waals surface area contributed by atoms with Gasteiger partial charge in [-0.3, -0.25) is 9.59 Å². The van der Waals surface area contributed by atoms with Crippen molar-refractivity contribution in [3.8, 4) is 0 Å². The molecule has 1 atom stereocenters. The topological polar surface area (TPSA) is 49.4 Å². The maximum absolute atomic E-state index is 13.5. The predicted octanol–water partition coefficient (Wildman–Crippen LogP) is 4.84. The van der Waals surface area contributed by atoms with Crippen molar-refractivity contribution in [2.75, 3.05) is 0 Å². The van der Waals surface area contributed by atoms with Gasteiger partial charge in [-0.1, -0.05) is 72.3 Å². The molecule has 172 valence electrons. The van der Waals surface area contributed by atoms with Crippen molar-refractivity contribution in [2.45, 2.75) is 52.2 Å². The van der Waals surface area contributed by atoms with Crippen LogP contribution in [0.1, 0.15) is 36.1 Å². The molecular formula is C28H31FN2O2. The molecule has 0 bridgehead atoms. The fraction of sp³-hybridized carbons (Fsp3) is 0.286. The molecule has 0 aromatic heterocycles. The van der Waals surface area contributed by atoms with Crippen LogP contribution in [0, 0.1) is 12.7 Å². The highest BCUT2D eigenvalue weighted by Gasteiger charge is 2.30. The minimum absolute atomic E-state index is 0.0517. The number of carbonyl (C=O) groups excluding carboxylic acids is 2. The molecule has 0 spiro atoms. The summed E-state index contributed by atoms with van der Waals surface area (Å²) in [5.41, 5.74) is 3.76. The number of nitrogens with one attached hydrogen (secondary N) is 1. The Labute approximate surface area is 195 Å². The lowest BCUT2D eigenvalue weighted by Crippen LogP contribution is -2.52. The van der Waals surface area contributed by atoms with E-state index in [9.17, 15) is 14.0 Å². The second-order valence-electron chi connectivity index (χ2n) is 8.68. The van der Waals surface area contributed by atoms with Gasteiger partial charge < -0.3 is 10.2 Å². The van der Waals surface area contributed by atoms with Gasteiger partial charge in [0.05, 0.1) is 6.42 Å². The lowest BCUT2D eigenvalue weighted by Gasteiger charge is -2.32. The molecule has 0 radical (unpaired) electrons. The van der Waals surface area contributed by atoms with Crippen LogP contribution in [0.4, 0.5) is 4.39 Å². The molecular weight excluding hydrogens is 415 g/mol. The van der Waals surface area contributed by atoms with Gasteiger partial charge in [-0.2, -0.15) is 0 Å². The van der Waals surface area contributed by atoms with E-state index in [4.69, 9.17) is 0 Å². The molecule has 3 aromatic rings. The first-order chi connectivity index (χ1) is 15.8. The Bertz CT molecular complexity index is 1050. The van der Waals surface area contributed by atoms with Crippen LogP contribution in [0.5, 0.6) is 0 Å². The molecule has 0 heterocycles. The summed E-state index contributed by atoms with van der Waals surface area (Å²) in [5.74, 6) is -0.712. The molecule has 0 fully saturated rings. The zero-order chi connectivity index (χ0) is 23.8. The zero-order valence-corrected chi connectivity index (χ0v) is 19.4. The summed E-state index contributed by atoms with van der Waals surface area (Å²) < 4.78 is 13.4. The van der Waals surface area contributed by atoms with E-state index in [0.717, 1.165) is 16.7 Å². The smallest absolute Gasteiger partial charge is 0.243 e. The Morgan fingerprint density at radius 1 is 0.848 bits per heavy atom. The van der Waals surface area contributed by atoms with E-state index in [0.29, 0.717) is 18.5 Å². The number of hydrogen-bond donors (Lipinski definition) is 1. The van der Waals surface area contributed by atoms with Gasteiger partial charge in [0.2, 0.25) is 11.8 Å². The van der Waals surface area contributed by atoms with Gasteiger partial charge in [0.1, 0.15) is 11.9 Å². The monoisotopic (exact) mass is 446 g/mol. The van der Waals surface area contributed by atoms with E-state index in [-0.39, 0.29) is 30.1 Å². The van der Waals surface area contributed by atoms with Crippen molar-refractivity contribution in [1.29, 1.82) is 0 Å². The maximum Gasteiger partial charge on any atom is 0.243 e. The SMILES string of the molecule is Cc1ccc(CN(C(=O)Cc2ccc(F)cc2)[C@@H](Cc2ccccc2)C(=O)NC(C)C)cc1. The van der Waals surface area contributed by atoms with Crippen LogP contribution in [-0.4, -0.2) is 28.8 Å². The highest BCUT2D eigenvalue weighted by molar-refractivity contribution is 5.89. The van der Waals surface area contributed by atoms with Crippen LogP contribution >= 0.6 is 0 Å². The summed E-state index contributed by atoms with van der Waals surface area (Å²) in [5, 5.41) is 2.98. The number of nitrogens with zero attached hydrogens (tertiary/aromatic N) is 1. The van der Waals surface area contributed by atoms with Gasteiger partial charge in [-0.15, -0.1) is 0 Å². The summed E-state index contributed by atoms with van der Waals surface area (Å²) in [6.45, 7) is 6.13. The van der Waals surface area contributed by atoms with E-state index in [1.807, 2.05) is 75.4 Å². The van der Waals surface area contributed by atoms with Crippen molar-refractivity contribution in [2.24, 2.45) is 0 Å². The standard InChI is InChI=1S/C28H31FN2O2/c1-20(2)30-28(33)26(17-22-7-5-4-6-8-22)31(19-24-11-9-21(3)10-12-24)27(32)18-23-13-15-25(29)16-14-23/h4-16,20,26H,17-19H2,1-3H3,(H,30,33)/t26-/m0/s1. The normalized spacial score (nSPS) is 11.8. The Morgan fingerprint density at radius 2 is 1.45 bits per heavy atom. The fourth-order valence-corrected chi connectivity index (χ4v) is 3.70. The van der Waals surface area contributed by atoms with Crippen LogP contribution in [0.2, 0.25) is 0 Å². The summed E-state index contributed by atoms with van der Waals surface area (Å²) in [6.07, 6.45) is 0.493. The van der Waals surface area contributed by atoms with Crippen LogP contribution in [0.25, 0.3) is 0 Å². The van der Waals surface area contributed by atoms with Crippen molar-refractivity contribution < 1.29 is 14.0 Å². The Morgan fingerprint density at radius 3 is 2.06 bits per heavy atom. The lowest BCUT2D eigenvalue weighted by molar-refractivity contribution is -0.141. The number of carbonyl (C=O) groups is 2. The molecule has 33 heavy (non-hydrogen) atoms. The minimum Gasteiger partial charge on any atom is -0.352 e. The Balaban J connectivity index is 1.95. The zero-order valence-electron chi connectivity index (χ0n) is 19.4. The van der Waals surface area contributed by atoms with E-state index >= 15 is 0 Å². The first kappa shape index (κ1) is 24.2. The molecule has 0 aliphatic heterocycles. The first-order valence-corrected chi connectivity index (χ1v) is 11.3. The number of benzene rings is 3. The van der Waals surface area contributed by atoms with Gasteiger partial charge in [0.15, 0.2) is 0 Å². The molecule has 2 amide bonds. The van der Waals surface area contributed by atoms with E-state index < -0.39 is 6.04 Å². The minimum atomic E-state index is -0.677. The van der Waals surface area contributed by atoms with Gasteiger partial charge in [0, 0.05) is 19.0 Å². The Hall–Kier alpha value is -3.47. The number of aryl methyl sites for hydroxylation is 1. The third-order valence-electron chi connectivity index (χ3n) is 5.44. The predicted molar refractivity (Wildman–Crippen MR) is 129 cm³/mol. The molecule has 0 saturated carbocycles. The van der Waals surface area contributed by atoms with Crippen LogP contribution in [-0.2, 0) is 29.0 Å². The van der Waals surface area contributed by atoms with Gasteiger partial charge in [-0.25, -0.2) is 4.39 Å².